The van der Waals surface area contributed by atoms with E-state index in [1.165, 1.54) is 0 Å². The number of nitrogens with zero attached hydrogens (tertiary/aromatic N) is 4. The normalized spacial score (nSPS) is 10.6. The van der Waals surface area contributed by atoms with Gasteiger partial charge in [0, 0.05) is 18.0 Å². The van der Waals surface area contributed by atoms with E-state index in [9.17, 15) is 0 Å². The van der Waals surface area contributed by atoms with Gasteiger partial charge in [0.05, 0.1) is 0 Å². The van der Waals surface area contributed by atoms with Crippen molar-refractivity contribution < 1.29 is 4.52 Å². The standard InChI is InChI=1S/C12H10N4O/c1-2-5-10(6-3-1)12-14-11(17-15-12)9-16-8-4-7-13-16/h1-8H,9H2. The minimum atomic E-state index is 0.493. The predicted molar refractivity (Wildman–Crippen MR) is 61.1 cm³/mol. The van der Waals surface area contributed by atoms with Gasteiger partial charge in [-0.05, 0) is 6.07 Å². The van der Waals surface area contributed by atoms with Gasteiger partial charge in [0.2, 0.25) is 11.7 Å². The maximum absolute atomic E-state index is 5.17. The summed E-state index contributed by atoms with van der Waals surface area (Å²) < 4.78 is 6.91. The number of rotatable bonds is 3. The molecule has 0 bridgehead atoms. The van der Waals surface area contributed by atoms with Gasteiger partial charge in [0.15, 0.2) is 0 Å². The smallest absolute Gasteiger partial charge is 0.248 e. The molecule has 84 valence electrons. The van der Waals surface area contributed by atoms with Crippen molar-refractivity contribution in [1.82, 2.24) is 19.9 Å². The van der Waals surface area contributed by atoms with Crippen LogP contribution in [0.4, 0.5) is 0 Å². The van der Waals surface area contributed by atoms with Crippen molar-refractivity contribution in [1.29, 1.82) is 0 Å². The number of benzene rings is 1. The van der Waals surface area contributed by atoms with Crippen molar-refractivity contribution in [2.24, 2.45) is 0 Å². The number of aromatic nitrogens is 4. The monoisotopic (exact) mass is 226 g/mol. The lowest BCUT2D eigenvalue weighted by Crippen LogP contribution is -1.99. The van der Waals surface area contributed by atoms with E-state index in [4.69, 9.17) is 4.52 Å². The lowest BCUT2D eigenvalue weighted by Gasteiger charge is -1.93. The van der Waals surface area contributed by atoms with Crippen LogP contribution in [0, 0.1) is 0 Å². The van der Waals surface area contributed by atoms with E-state index in [1.54, 1.807) is 10.9 Å². The Hall–Kier alpha value is -2.43. The third kappa shape index (κ3) is 2.08. The van der Waals surface area contributed by atoms with Crippen LogP contribution in [-0.2, 0) is 6.54 Å². The van der Waals surface area contributed by atoms with Crippen LogP contribution in [0.25, 0.3) is 11.4 Å². The summed E-state index contributed by atoms with van der Waals surface area (Å²) in [6.45, 7) is 0.493. The Bertz CT molecular complexity index is 586. The first kappa shape index (κ1) is 9.77. The molecule has 0 N–H and O–H groups in total. The Morgan fingerprint density at radius 2 is 2.00 bits per heavy atom. The molecule has 0 fully saturated rings. The van der Waals surface area contributed by atoms with E-state index in [0.29, 0.717) is 18.3 Å². The minimum absolute atomic E-state index is 0.493. The lowest BCUT2D eigenvalue weighted by atomic mass is 10.2. The third-order valence-electron chi connectivity index (χ3n) is 2.36. The average molecular weight is 226 g/mol. The molecule has 0 amide bonds. The molecular formula is C12H10N4O. The van der Waals surface area contributed by atoms with Gasteiger partial charge in [0.25, 0.3) is 0 Å². The molecule has 0 radical (unpaired) electrons. The molecule has 0 aliphatic carbocycles. The van der Waals surface area contributed by atoms with Crippen LogP contribution in [0.3, 0.4) is 0 Å². The Balaban J connectivity index is 1.84. The summed E-state index contributed by atoms with van der Waals surface area (Å²) in [6, 6.07) is 11.6. The fourth-order valence-electron chi connectivity index (χ4n) is 1.56. The van der Waals surface area contributed by atoms with Crippen molar-refractivity contribution in [3.05, 3.63) is 54.7 Å². The highest BCUT2D eigenvalue weighted by Gasteiger charge is 2.08. The molecule has 3 aromatic rings. The highest BCUT2D eigenvalue weighted by atomic mass is 16.5. The van der Waals surface area contributed by atoms with E-state index in [1.807, 2.05) is 42.6 Å². The third-order valence-corrected chi connectivity index (χ3v) is 2.36. The van der Waals surface area contributed by atoms with Crippen molar-refractivity contribution >= 4 is 0 Å². The number of hydrogen-bond donors (Lipinski definition) is 0. The van der Waals surface area contributed by atoms with Gasteiger partial charge < -0.3 is 4.52 Å². The molecule has 5 heteroatoms. The highest BCUT2D eigenvalue weighted by Crippen LogP contribution is 2.14. The molecule has 0 saturated carbocycles. The first-order valence-electron chi connectivity index (χ1n) is 5.27. The van der Waals surface area contributed by atoms with E-state index in [-0.39, 0.29) is 0 Å². The van der Waals surface area contributed by atoms with Crippen LogP contribution in [0.2, 0.25) is 0 Å². The van der Waals surface area contributed by atoms with Crippen molar-refractivity contribution in [2.45, 2.75) is 6.54 Å². The second kappa shape index (κ2) is 4.21. The van der Waals surface area contributed by atoms with Gasteiger partial charge >= 0.3 is 0 Å². The molecule has 2 heterocycles. The molecule has 0 unspecified atom stereocenters. The van der Waals surface area contributed by atoms with Crippen molar-refractivity contribution in [3.63, 3.8) is 0 Å². The number of hydrogen-bond acceptors (Lipinski definition) is 4. The summed E-state index contributed by atoms with van der Waals surface area (Å²) >= 11 is 0. The zero-order valence-electron chi connectivity index (χ0n) is 9.02. The van der Waals surface area contributed by atoms with Gasteiger partial charge in [-0.1, -0.05) is 35.5 Å². The van der Waals surface area contributed by atoms with Gasteiger partial charge in [0.1, 0.15) is 6.54 Å². The molecule has 17 heavy (non-hydrogen) atoms. The van der Waals surface area contributed by atoms with Gasteiger partial charge in [-0.15, -0.1) is 0 Å². The molecule has 5 nitrogen and oxygen atoms in total. The van der Waals surface area contributed by atoms with Gasteiger partial charge in [-0.2, -0.15) is 10.1 Å². The van der Waals surface area contributed by atoms with Crippen LogP contribution < -0.4 is 0 Å². The maximum Gasteiger partial charge on any atom is 0.248 e. The van der Waals surface area contributed by atoms with Crippen LogP contribution in [0.1, 0.15) is 5.89 Å². The van der Waals surface area contributed by atoms with E-state index >= 15 is 0 Å². The largest absolute Gasteiger partial charge is 0.337 e. The molecule has 0 aliphatic heterocycles. The van der Waals surface area contributed by atoms with Gasteiger partial charge in [-0.3, -0.25) is 4.68 Å². The van der Waals surface area contributed by atoms with E-state index < -0.39 is 0 Å². The fourth-order valence-corrected chi connectivity index (χ4v) is 1.56. The first-order chi connectivity index (χ1) is 8.42. The first-order valence-corrected chi connectivity index (χ1v) is 5.27. The molecule has 0 spiro atoms. The highest BCUT2D eigenvalue weighted by molar-refractivity contribution is 5.53. The van der Waals surface area contributed by atoms with E-state index in [2.05, 4.69) is 15.2 Å². The summed E-state index contributed by atoms with van der Waals surface area (Å²) in [5, 5.41) is 8.02. The molecule has 0 aliphatic rings. The summed E-state index contributed by atoms with van der Waals surface area (Å²) in [6.07, 6.45) is 3.57. The molecular weight excluding hydrogens is 216 g/mol. The second-order valence-electron chi connectivity index (χ2n) is 3.58. The maximum atomic E-state index is 5.17. The summed E-state index contributed by atoms with van der Waals surface area (Å²) in [5.41, 5.74) is 0.947. The average Bonchev–Trinajstić information content (AvgIpc) is 3.02. The van der Waals surface area contributed by atoms with Crippen LogP contribution >= 0.6 is 0 Å². The Morgan fingerprint density at radius 3 is 2.76 bits per heavy atom. The van der Waals surface area contributed by atoms with Gasteiger partial charge in [-0.25, -0.2) is 0 Å². The van der Waals surface area contributed by atoms with Crippen LogP contribution in [0.15, 0.2) is 53.3 Å². The SMILES string of the molecule is c1ccc(-c2noc(Cn3cccn3)n2)cc1. The van der Waals surface area contributed by atoms with Crippen LogP contribution in [-0.4, -0.2) is 19.9 Å². The molecule has 1 aromatic carbocycles. The summed E-state index contributed by atoms with van der Waals surface area (Å²) in [7, 11) is 0. The summed E-state index contributed by atoms with van der Waals surface area (Å²) in [4.78, 5) is 4.32. The van der Waals surface area contributed by atoms with Crippen LogP contribution in [0.5, 0.6) is 0 Å². The fraction of sp³-hybridized carbons (Fsp3) is 0.0833. The second-order valence-corrected chi connectivity index (χ2v) is 3.58. The predicted octanol–water partition coefficient (Wildman–Crippen LogP) is 1.98. The Kier molecular flexibility index (Phi) is 2.42. The molecule has 2 aromatic heterocycles. The minimum Gasteiger partial charge on any atom is -0.337 e. The summed E-state index contributed by atoms with van der Waals surface area (Å²) in [5.74, 6) is 1.15. The Morgan fingerprint density at radius 1 is 1.12 bits per heavy atom. The van der Waals surface area contributed by atoms with E-state index in [0.717, 1.165) is 5.56 Å². The zero-order chi connectivity index (χ0) is 11.5. The van der Waals surface area contributed by atoms with Crippen molar-refractivity contribution in [2.75, 3.05) is 0 Å². The molecule has 3 rings (SSSR count). The topological polar surface area (TPSA) is 56.7 Å². The quantitative estimate of drug-likeness (QED) is 0.685. The Labute approximate surface area is 97.7 Å². The molecule has 0 saturated heterocycles. The zero-order valence-corrected chi connectivity index (χ0v) is 9.02. The van der Waals surface area contributed by atoms with Crippen molar-refractivity contribution in [3.8, 4) is 11.4 Å². The lowest BCUT2D eigenvalue weighted by molar-refractivity contribution is 0.366. The molecule has 0 atom stereocenters.